The Morgan fingerprint density at radius 1 is 0.667 bits per heavy atom. The number of aliphatic hydroxyl groups is 2. The molecule has 0 amide bonds. The molecule has 4 rings (SSSR count). The number of hydrogen-bond donors (Lipinski definition) is 2. The molecule has 0 aromatic rings. The maximum atomic E-state index is 11.6. The highest BCUT2D eigenvalue weighted by molar-refractivity contribution is 5.13. The molecule has 0 bridgehead atoms. The van der Waals surface area contributed by atoms with Crippen LogP contribution < -0.4 is 0 Å². The van der Waals surface area contributed by atoms with Gasteiger partial charge in [-0.1, -0.05) is 38.5 Å². The largest absolute Gasteiger partial charge is 0.389 e. The first-order chi connectivity index (χ1) is 10.1. The van der Waals surface area contributed by atoms with Crippen LogP contribution in [0.2, 0.25) is 0 Å². The van der Waals surface area contributed by atoms with Gasteiger partial charge in [-0.2, -0.15) is 0 Å². The Kier molecular flexibility index (Phi) is 3.40. The van der Waals surface area contributed by atoms with Crippen LogP contribution in [-0.4, -0.2) is 27.2 Å². The lowest BCUT2D eigenvalue weighted by molar-refractivity contribution is -0.399. The predicted molar refractivity (Wildman–Crippen MR) is 80.7 cm³/mol. The van der Waals surface area contributed by atoms with Crippen LogP contribution in [0.5, 0.6) is 0 Å². The second-order valence-corrected chi connectivity index (χ2v) is 8.16. The van der Waals surface area contributed by atoms with E-state index < -0.39 is 11.4 Å². The van der Waals surface area contributed by atoms with Gasteiger partial charge in [0.2, 0.25) is 0 Å². The topological polar surface area (TPSA) is 49.7 Å². The fourth-order valence-electron chi connectivity index (χ4n) is 6.23. The maximum absolute atomic E-state index is 11.6. The summed E-state index contributed by atoms with van der Waals surface area (Å²) in [6, 6.07) is 0. The zero-order chi connectivity index (χ0) is 14.6. The molecule has 1 heterocycles. The van der Waals surface area contributed by atoms with Gasteiger partial charge in [-0.25, -0.2) is 0 Å². The first-order valence-corrected chi connectivity index (χ1v) is 9.24. The molecule has 0 aromatic carbocycles. The van der Waals surface area contributed by atoms with Crippen molar-refractivity contribution in [3.8, 4) is 0 Å². The average molecular weight is 294 g/mol. The van der Waals surface area contributed by atoms with Crippen molar-refractivity contribution in [2.45, 2.75) is 100 Å². The van der Waals surface area contributed by atoms with Gasteiger partial charge in [-0.15, -0.1) is 0 Å². The van der Waals surface area contributed by atoms with Crippen molar-refractivity contribution in [2.24, 2.45) is 11.8 Å². The SMILES string of the molecule is O[C@@]12CCCC[C@@H]1C1(CCCCC1)O[C@@]1(O)CCCC[C@H]21. The molecule has 1 spiro atoms. The molecular weight excluding hydrogens is 264 g/mol. The van der Waals surface area contributed by atoms with Gasteiger partial charge in [0.1, 0.15) is 0 Å². The Hall–Kier alpha value is -0.120. The van der Waals surface area contributed by atoms with Gasteiger partial charge in [0.05, 0.1) is 11.2 Å². The first-order valence-electron chi connectivity index (χ1n) is 9.24. The predicted octanol–water partition coefficient (Wildman–Crippen LogP) is 3.52. The maximum Gasteiger partial charge on any atom is 0.171 e. The minimum atomic E-state index is -1.06. The molecule has 4 fully saturated rings. The smallest absolute Gasteiger partial charge is 0.171 e. The monoisotopic (exact) mass is 294 g/mol. The summed E-state index contributed by atoms with van der Waals surface area (Å²) in [7, 11) is 0. The summed E-state index contributed by atoms with van der Waals surface area (Å²) in [4.78, 5) is 0. The van der Waals surface area contributed by atoms with Crippen LogP contribution in [0.25, 0.3) is 0 Å². The molecule has 3 aliphatic carbocycles. The molecule has 3 nitrogen and oxygen atoms in total. The van der Waals surface area contributed by atoms with E-state index in [2.05, 4.69) is 0 Å². The summed E-state index contributed by atoms with van der Waals surface area (Å²) in [6.45, 7) is 0. The fraction of sp³-hybridized carbons (Fsp3) is 1.00. The van der Waals surface area contributed by atoms with E-state index in [1.54, 1.807) is 0 Å². The zero-order valence-electron chi connectivity index (χ0n) is 13.1. The third kappa shape index (κ3) is 2.04. The standard InChI is InChI=1S/C18H30O3/c19-17-12-6-2-8-14(17)16(10-4-1-5-11-16)21-18(20)13-7-3-9-15(17)18/h14-15,19-20H,1-13H2/t14-,15-,17+,18+/m1/s1. The molecule has 1 aliphatic heterocycles. The van der Waals surface area contributed by atoms with E-state index in [9.17, 15) is 10.2 Å². The molecule has 4 aliphatic rings. The highest BCUT2D eigenvalue weighted by Gasteiger charge is 2.66. The Balaban J connectivity index is 1.76. The van der Waals surface area contributed by atoms with E-state index in [0.717, 1.165) is 51.4 Å². The highest BCUT2D eigenvalue weighted by atomic mass is 16.6. The number of hydrogen-bond acceptors (Lipinski definition) is 3. The van der Waals surface area contributed by atoms with Gasteiger partial charge in [-0.05, 0) is 38.5 Å². The highest BCUT2D eigenvalue weighted by Crippen LogP contribution is 2.61. The molecule has 0 radical (unpaired) electrons. The third-order valence-electron chi connectivity index (χ3n) is 7.06. The molecule has 2 N–H and O–H groups in total. The van der Waals surface area contributed by atoms with Crippen LogP contribution in [0.15, 0.2) is 0 Å². The summed E-state index contributed by atoms with van der Waals surface area (Å²) in [5.74, 6) is -0.864. The van der Waals surface area contributed by atoms with Crippen molar-refractivity contribution in [1.82, 2.24) is 0 Å². The summed E-state index contributed by atoms with van der Waals surface area (Å²) in [6.07, 6.45) is 13.8. The van der Waals surface area contributed by atoms with E-state index >= 15 is 0 Å². The summed E-state index contributed by atoms with van der Waals surface area (Å²) in [5.41, 5.74) is -0.918. The molecule has 4 atom stereocenters. The molecule has 0 unspecified atom stereocenters. The molecule has 3 heteroatoms. The lowest BCUT2D eigenvalue weighted by Crippen LogP contribution is -2.72. The molecule has 21 heavy (non-hydrogen) atoms. The molecule has 120 valence electrons. The van der Waals surface area contributed by atoms with Crippen LogP contribution in [0, 0.1) is 11.8 Å². The van der Waals surface area contributed by atoms with Gasteiger partial charge in [0, 0.05) is 18.3 Å². The van der Waals surface area contributed by atoms with Crippen LogP contribution in [0.4, 0.5) is 0 Å². The Labute approximate surface area is 128 Å². The van der Waals surface area contributed by atoms with Crippen LogP contribution in [-0.2, 0) is 4.74 Å². The van der Waals surface area contributed by atoms with Crippen molar-refractivity contribution < 1.29 is 14.9 Å². The van der Waals surface area contributed by atoms with E-state index in [1.807, 2.05) is 0 Å². The van der Waals surface area contributed by atoms with Gasteiger partial charge < -0.3 is 14.9 Å². The Morgan fingerprint density at radius 3 is 2.05 bits per heavy atom. The van der Waals surface area contributed by atoms with Gasteiger partial charge in [0.25, 0.3) is 0 Å². The summed E-state index contributed by atoms with van der Waals surface area (Å²) >= 11 is 0. The second-order valence-electron chi connectivity index (χ2n) is 8.16. The normalized spacial score (nSPS) is 49.4. The molecule has 0 aromatic heterocycles. The van der Waals surface area contributed by atoms with Crippen LogP contribution in [0.3, 0.4) is 0 Å². The van der Waals surface area contributed by atoms with Crippen LogP contribution >= 0.6 is 0 Å². The fourth-order valence-corrected chi connectivity index (χ4v) is 6.23. The molecule has 3 saturated carbocycles. The lowest BCUT2D eigenvalue weighted by atomic mass is 9.53. The Bertz CT molecular complexity index is 396. The van der Waals surface area contributed by atoms with Crippen molar-refractivity contribution in [3.63, 3.8) is 0 Å². The van der Waals surface area contributed by atoms with Crippen LogP contribution in [0.1, 0.15) is 83.5 Å². The van der Waals surface area contributed by atoms with Gasteiger partial charge in [-0.3, -0.25) is 0 Å². The molecule has 1 saturated heterocycles. The molecular formula is C18H30O3. The van der Waals surface area contributed by atoms with Crippen molar-refractivity contribution in [3.05, 3.63) is 0 Å². The average Bonchev–Trinajstić information content (AvgIpc) is 2.47. The quantitative estimate of drug-likeness (QED) is 0.718. The Morgan fingerprint density at radius 2 is 1.29 bits per heavy atom. The zero-order valence-corrected chi connectivity index (χ0v) is 13.1. The van der Waals surface area contributed by atoms with Gasteiger partial charge >= 0.3 is 0 Å². The number of fused-ring (bicyclic) bond motifs is 4. The van der Waals surface area contributed by atoms with E-state index in [-0.39, 0.29) is 17.4 Å². The second kappa shape index (κ2) is 4.94. The van der Waals surface area contributed by atoms with Crippen molar-refractivity contribution in [2.75, 3.05) is 0 Å². The number of ether oxygens (including phenoxy) is 1. The van der Waals surface area contributed by atoms with E-state index in [4.69, 9.17) is 4.74 Å². The number of rotatable bonds is 0. The minimum Gasteiger partial charge on any atom is -0.389 e. The minimum absolute atomic E-state index is 0.0587. The first kappa shape index (κ1) is 14.5. The van der Waals surface area contributed by atoms with E-state index in [1.165, 1.54) is 25.7 Å². The van der Waals surface area contributed by atoms with Crippen molar-refractivity contribution in [1.29, 1.82) is 0 Å². The van der Waals surface area contributed by atoms with E-state index in [0.29, 0.717) is 6.42 Å². The van der Waals surface area contributed by atoms with Gasteiger partial charge in [0.15, 0.2) is 5.79 Å². The summed E-state index contributed by atoms with van der Waals surface area (Å²) < 4.78 is 6.54. The summed E-state index contributed by atoms with van der Waals surface area (Å²) in [5, 5.41) is 22.9. The van der Waals surface area contributed by atoms with Crippen molar-refractivity contribution >= 4 is 0 Å². The third-order valence-corrected chi connectivity index (χ3v) is 7.06. The lowest BCUT2D eigenvalue weighted by Gasteiger charge is -2.65.